The second-order valence-electron chi connectivity index (χ2n) is 32.8. The molecular weight excluding hydrogens is 1280 g/mol. The van der Waals surface area contributed by atoms with Crippen LogP contribution in [0.5, 0.6) is 46.0 Å². The molecule has 0 radical (unpaired) electrons. The predicted octanol–water partition coefficient (Wildman–Crippen LogP) is 24.1. The maximum atomic E-state index is 13.4. The van der Waals surface area contributed by atoms with Crippen molar-refractivity contribution in [1.29, 1.82) is 0 Å². The number of halogens is 2. The molecule has 0 atom stereocenters. The van der Waals surface area contributed by atoms with Gasteiger partial charge in [0.2, 0.25) is 0 Å². The highest BCUT2D eigenvalue weighted by atomic mass is 19.1. The predicted molar refractivity (Wildman–Crippen MR) is 421 cm³/mol. The van der Waals surface area contributed by atoms with Crippen LogP contribution in [-0.2, 0) is 37.9 Å². The first-order valence-corrected chi connectivity index (χ1v) is 35.0. The van der Waals surface area contributed by atoms with Gasteiger partial charge in [0.15, 0.2) is 23.1 Å². The molecule has 0 spiro atoms. The maximum absolute atomic E-state index is 13.4. The molecule has 8 N–H and O–H groups in total. The van der Waals surface area contributed by atoms with Crippen molar-refractivity contribution >= 4 is 0 Å². The van der Waals surface area contributed by atoms with Crippen LogP contribution in [0.15, 0.2) is 218 Å². The van der Waals surface area contributed by atoms with Crippen LogP contribution in [-0.4, -0.2) is 40.9 Å². The molecule has 11 aromatic rings. The molecule has 0 fully saturated rings. The van der Waals surface area contributed by atoms with Crippen LogP contribution in [0.2, 0.25) is 0 Å². The number of benzene rings is 11. The van der Waals surface area contributed by atoms with Crippen molar-refractivity contribution in [3.8, 4) is 90.5 Å². The molecule has 0 aliphatic heterocycles. The standard InChI is InChI=1S/C31H48O2.C27H24O2.C20H18O2.C15H14F2O2/c1-27(2,3)21-15-19(16-22(25(21)32)28(4,5)6)31(13,14)20-17-23(29(7,8)9)26(33)24(18-20)30(10,11)12;1-27(2,21-13-15-25(28)23(17-21)19-9-5-3-6-10-19)22-14-16-26(29)24(18-22)20-11-7-4-8-12-20;1-13-11-17(7-9-19(13)21)15-3-5-16(6-4-15)18-8-10-20(22)14(2)12-18;1-15(2,9-3-5-13(18)11(16)7-9)10-4-6-14(19)12(17)8-10/h15-18,32-33H,1-14H3;3-18,28-29H,1-2H3;3-12,21-22H,1-2H3;3-8,18-19H,1-2H3. The summed E-state index contributed by atoms with van der Waals surface area (Å²) in [6, 6.07) is 67.8. The molecule has 0 aliphatic carbocycles. The van der Waals surface area contributed by atoms with Gasteiger partial charge in [0.25, 0.3) is 0 Å². The van der Waals surface area contributed by atoms with Crippen LogP contribution in [0.1, 0.15) is 191 Å². The summed E-state index contributed by atoms with van der Waals surface area (Å²) < 4.78 is 26.8. The minimum Gasteiger partial charge on any atom is -0.508 e. The molecular formula is C93H104F2O8. The van der Waals surface area contributed by atoms with Crippen molar-refractivity contribution in [3.63, 3.8) is 0 Å². The highest BCUT2D eigenvalue weighted by Crippen LogP contribution is 2.48. The first-order chi connectivity index (χ1) is 47.8. The average Bonchev–Trinajstić information content (AvgIpc) is 0.752. The topological polar surface area (TPSA) is 162 Å². The molecule has 0 saturated carbocycles. The quantitative estimate of drug-likeness (QED) is 0.0671. The summed E-state index contributed by atoms with van der Waals surface area (Å²) in [6.07, 6.45) is 0. The minimum atomic E-state index is -0.718. The summed E-state index contributed by atoms with van der Waals surface area (Å²) >= 11 is 0. The highest BCUT2D eigenvalue weighted by molar-refractivity contribution is 5.75. The lowest BCUT2D eigenvalue weighted by molar-refractivity contribution is 0.420. The fraction of sp³-hybridized carbons (Fsp3) is 0.290. The van der Waals surface area contributed by atoms with Crippen LogP contribution < -0.4 is 0 Å². The second-order valence-corrected chi connectivity index (χ2v) is 32.8. The molecule has 8 nitrogen and oxygen atoms in total. The van der Waals surface area contributed by atoms with E-state index in [1.807, 2.05) is 125 Å². The molecule has 10 heteroatoms. The number of aromatic hydroxyl groups is 8. The lowest BCUT2D eigenvalue weighted by Crippen LogP contribution is -2.26. The van der Waals surface area contributed by atoms with Gasteiger partial charge in [-0.3, -0.25) is 0 Å². The third-order valence-electron chi connectivity index (χ3n) is 19.8. The van der Waals surface area contributed by atoms with E-state index in [-0.39, 0.29) is 44.0 Å². The van der Waals surface area contributed by atoms with Gasteiger partial charge >= 0.3 is 0 Å². The van der Waals surface area contributed by atoms with E-state index in [0.717, 1.165) is 89.0 Å². The summed E-state index contributed by atoms with van der Waals surface area (Å²) in [7, 11) is 0. The number of rotatable bonds is 10. The zero-order valence-electron chi connectivity index (χ0n) is 63.6. The largest absolute Gasteiger partial charge is 0.508 e. The molecule has 0 heterocycles. The number of phenols is 8. The molecule has 0 bridgehead atoms. The van der Waals surface area contributed by atoms with E-state index in [0.29, 0.717) is 34.1 Å². The van der Waals surface area contributed by atoms with Gasteiger partial charge in [-0.15, -0.1) is 0 Å². The molecule has 103 heavy (non-hydrogen) atoms. The summed E-state index contributed by atoms with van der Waals surface area (Å²) in [6.45, 7) is 42.1. The Morgan fingerprint density at radius 1 is 0.223 bits per heavy atom. The summed E-state index contributed by atoms with van der Waals surface area (Å²) in [4.78, 5) is 0. The van der Waals surface area contributed by atoms with E-state index in [2.05, 4.69) is 171 Å². The zero-order valence-corrected chi connectivity index (χ0v) is 63.6. The van der Waals surface area contributed by atoms with Crippen LogP contribution in [0.3, 0.4) is 0 Å². The molecule has 0 unspecified atom stereocenters. The van der Waals surface area contributed by atoms with Gasteiger partial charge in [-0.1, -0.05) is 270 Å². The molecule has 0 saturated heterocycles. The van der Waals surface area contributed by atoms with Crippen molar-refractivity contribution < 1.29 is 49.6 Å². The van der Waals surface area contributed by atoms with Gasteiger partial charge in [-0.2, -0.15) is 0 Å². The van der Waals surface area contributed by atoms with E-state index in [1.165, 1.54) is 35.4 Å². The fourth-order valence-corrected chi connectivity index (χ4v) is 12.6. The van der Waals surface area contributed by atoms with E-state index >= 15 is 0 Å². The van der Waals surface area contributed by atoms with Crippen LogP contribution >= 0.6 is 0 Å². The summed E-state index contributed by atoms with van der Waals surface area (Å²) in [5.41, 5.74) is 17.4. The molecule has 0 aliphatic rings. The summed E-state index contributed by atoms with van der Waals surface area (Å²) in [5.74, 6) is -0.280. The Bertz CT molecular complexity index is 4440. The lowest BCUT2D eigenvalue weighted by Gasteiger charge is -2.35. The van der Waals surface area contributed by atoms with Crippen molar-refractivity contribution in [3.05, 3.63) is 297 Å². The van der Waals surface area contributed by atoms with Gasteiger partial charge in [0, 0.05) is 27.4 Å². The van der Waals surface area contributed by atoms with Gasteiger partial charge in [0.1, 0.15) is 34.5 Å². The first kappa shape index (κ1) is 78.4. The zero-order chi connectivity index (χ0) is 76.3. The third kappa shape index (κ3) is 18.1. The van der Waals surface area contributed by atoms with Gasteiger partial charge in [0.05, 0.1) is 0 Å². The lowest BCUT2D eigenvalue weighted by atomic mass is 9.69. The van der Waals surface area contributed by atoms with E-state index in [9.17, 15) is 49.6 Å². The van der Waals surface area contributed by atoms with Gasteiger partial charge < -0.3 is 40.9 Å². The number of hydrogen-bond donors (Lipinski definition) is 8. The first-order valence-electron chi connectivity index (χ1n) is 35.0. The second kappa shape index (κ2) is 30.3. The van der Waals surface area contributed by atoms with Gasteiger partial charge in [-0.05, 0) is 208 Å². The Morgan fingerprint density at radius 2 is 0.466 bits per heavy atom. The molecule has 538 valence electrons. The van der Waals surface area contributed by atoms with Crippen LogP contribution in [0, 0.1) is 25.5 Å². The fourth-order valence-electron chi connectivity index (χ4n) is 12.6. The molecule has 0 amide bonds. The maximum Gasteiger partial charge on any atom is 0.165 e. The van der Waals surface area contributed by atoms with Crippen molar-refractivity contribution in [2.75, 3.05) is 0 Å². The van der Waals surface area contributed by atoms with Gasteiger partial charge in [-0.25, -0.2) is 8.78 Å². The van der Waals surface area contributed by atoms with Crippen molar-refractivity contribution in [1.82, 2.24) is 0 Å². The molecule has 11 rings (SSSR count). The Hall–Kier alpha value is -10.3. The third-order valence-corrected chi connectivity index (χ3v) is 19.8. The molecule has 11 aromatic carbocycles. The summed E-state index contributed by atoms with van der Waals surface area (Å²) in [5, 5.41) is 80.9. The minimum absolute atomic E-state index is 0.182. The Balaban J connectivity index is 0.000000178. The van der Waals surface area contributed by atoms with Crippen molar-refractivity contribution in [2.24, 2.45) is 0 Å². The number of phenolic OH excluding ortho intramolecular Hbond substituents is 8. The van der Waals surface area contributed by atoms with E-state index in [4.69, 9.17) is 0 Å². The van der Waals surface area contributed by atoms with Crippen LogP contribution in [0.4, 0.5) is 8.78 Å². The highest BCUT2D eigenvalue weighted by Gasteiger charge is 2.36. The Labute approximate surface area is 610 Å². The van der Waals surface area contributed by atoms with Crippen LogP contribution in [0.25, 0.3) is 44.5 Å². The Kier molecular flexibility index (Phi) is 23.1. The SMILES string of the molecule is CC(C)(C)c1cc(C(C)(C)c2cc(C(C)(C)C)c(O)c(C(C)(C)C)c2)cc(C(C)(C)C)c1O.CC(C)(c1ccc(O)c(-c2ccccc2)c1)c1ccc(O)c(-c2ccccc2)c1.CC(C)(c1ccc(O)c(F)c1)c1ccc(O)c(F)c1.Cc1cc(-c2ccc(-c3ccc(O)c(C)c3)cc2)ccc1O. The number of hydrogen-bond acceptors (Lipinski definition) is 8. The monoisotopic (exact) mass is 1390 g/mol. The van der Waals surface area contributed by atoms with Crippen molar-refractivity contribution in [2.45, 2.75) is 176 Å². The Morgan fingerprint density at radius 3 is 0.728 bits per heavy atom. The average molecular weight is 1390 g/mol. The normalized spacial score (nSPS) is 12.1. The van der Waals surface area contributed by atoms with E-state index in [1.54, 1.807) is 36.4 Å². The number of aryl methyl sites for hydroxylation is 2. The van der Waals surface area contributed by atoms with E-state index < -0.39 is 28.5 Å². The smallest absolute Gasteiger partial charge is 0.165 e. The molecule has 0 aromatic heterocycles.